The molecule has 2 aromatic rings. The van der Waals surface area contributed by atoms with E-state index in [9.17, 15) is 9.59 Å². The predicted octanol–water partition coefficient (Wildman–Crippen LogP) is 0.645. The average molecular weight is 301 g/mol. The second kappa shape index (κ2) is 5.92. The maximum absolute atomic E-state index is 12.1. The van der Waals surface area contributed by atoms with Gasteiger partial charge in [-0.25, -0.2) is 19.4 Å². The van der Waals surface area contributed by atoms with Crippen molar-refractivity contribution < 1.29 is 14.7 Å². The van der Waals surface area contributed by atoms with Crippen LogP contribution in [0.5, 0.6) is 0 Å². The first-order valence-electron chi connectivity index (χ1n) is 6.98. The van der Waals surface area contributed by atoms with Gasteiger partial charge in [-0.05, 0) is 24.5 Å². The van der Waals surface area contributed by atoms with E-state index in [4.69, 9.17) is 5.11 Å². The number of nitrogens with zero attached hydrogens (tertiary/aromatic N) is 4. The first kappa shape index (κ1) is 14.2. The van der Waals surface area contributed by atoms with Crippen LogP contribution in [0.1, 0.15) is 29.6 Å². The molecule has 3 rings (SSSR count). The molecule has 1 unspecified atom stereocenters. The maximum atomic E-state index is 12.1. The number of pyridine rings is 1. The Hall–Kier alpha value is -2.77. The van der Waals surface area contributed by atoms with E-state index in [-0.39, 0.29) is 0 Å². The Morgan fingerprint density at radius 3 is 2.77 bits per heavy atom. The van der Waals surface area contributed by atoms with Crippen molar-refractivity contribution in [3.63, 3.8) is 0 Å². The Kier molecular flexibility index (Phi) is 3.82. The van der Waals surface area contributed by atoms with Crippen LogP contribution in [-0.2, 0) is 4.79 Å². The van der Waals surface area contributed by atoms with Crippen molar-refractivity contribution in [1.29, 1.82) is 0 Å². The number of nitrogens with one attached hydrogen (secondary N) is 1. The number of hydrogen-bond acceptors (Lipinski definition) is 5. The van der Waals surface area contributed by atoms with E-state index in [0.717, 1.165) is 12.8 Å². The zero-order valence-electron chi connectivity index (χ0n) is 11.7. The minimum atomic E-state index is -1.01. The highest BCUT2D eigenvalue weighted by Gasteiger charge is 2.30. The molecular formula is C14H15N5O3. The normalized spacial score (nSPS) is 15.3. The zero-order chi connectivity index (χ0) is 15.5. The number of carboxylic acid groups (broad SMARTS) is 1. The number of carbonyl (C=O) groups excluding carboxylic acids is 1. The molecule has 1 aliphatic rings. The summed E-state index contributed by atoms with van der Waals surface area (Å²) in [6.45, 7) is 0. The van der Waals surface area contributed by atoms with Gasteiger partial charge in [-0.3, -0.25) is 4.79 Å². The topological polar surface area (TPSA) is 110 Å². The summed E-state index contributed by atoms with van der Waals surface area (Å²) in [5.41, 5.74) is 0.311. The molecule has 1 saturated carbocycles. The lowest BCUT2D eigenvalue weighted by Crippen LogP contribution is -2.41. The predicted molar refractivity (Wildman–Crippen MR) is 75.4 cm³/mol. The van der Waals surface area contributed by atoms with Gasteiger partial charge in [0.2, 0.25) is 0 Å². The molecule has 0 radical (unpaired) electrons. The summed E-state index contributed by atoms with van der Waals surface area (Å²) in [5.74, 6) is -0.505. The third kappa shape index (κ3) is 3.27. The summed E-state index contributed by atoms with van der Waals surface area (Å²) < 4.78 is 1.47. The molecule has 0 aliphatic heterocycles. The molecule has 1 amide bonds. The maximum Gasteiger partial charge on any atom is 0.326 e. The minimum absolute atomic E-state index is 0.311. The fourth-order valence-electron chi connectivity index (χ4n) is 2.13. The number of hydrogen-bond donors (Lipinski definition) is 2. The van der Waals surface area contributed by atoms with Gasteiger partial charge in [0.1, 0.15) is 18.7 Å². The molecule has 2 aromatic heterocycles. The first-order chi connectivity index (χ1) is 10.6. The van der Waals surface area contributed by atoms with Crippen LogP contribution < -0.4 is 5.32 Å². The molecule has 0 saturated heterocycles. The fourth-order valence-corrected chi connectivity index (χ4v) is 2.13. The number of amides is 1. The van der Waals surface area contributed by atoms with Gasteiger partial charge >= 0.3 is 5.97 Å². The Morgan fingerprint density at radius 1 is 1.41 bits per heavy atom. The van der Waals surface area contributed by atoms with E-state index >= 15 is 0 Å². The minimum Gasteiger partial charge on any atom is -0.480 e. The Morgan fingerprint density at radius 2 is 2.23 bits per heavy atom. The summed E-state index contributed by atoms with van der Waals surface area (Å²) in [6.07, 6.45) is 6.82. The second-order valence-electron chi connectivity index (χ2n) is 5.29. The summed E-state index contributed by atoms with van der Waals surface area (Å²) in [5, 5.41) is 15.6. The third-order valence-electron chi connectivity index (χ3n) is 3.53. The number of rotatable bonds is 6. The Balaban J connectivity index is 1.67. The molecule has 22 heavy (non-hydrogen) atoms. The van der Waals surface area contributed by atoms with Crippen molar-refractivity contribution in [2.24, 2.45) is 5.92 Å². The zero-order valence-corrected chi connectivity index (χ0v) is 11.7. The second-order valence-corrected chi connectivity index (χ2v) is 5.29. The number of carboxylic acids is 1. The van der Waals surface area contributed by atoms with Crippen LogP contribution in [-0.4, -0.2) is 42.8 Å². The molecule has 0 spiro atoms. The lowest BCUT2D eigenvalue weighted by atomic mass is 10.1. The molecule has 8 nitrogen and oxygen atoms in total. The molecule has 114 valence electrons. The lowest BCUT2D eigenvalue weighted by Gasteiger charge is -2.14. The smallest absolute Gasteiger partial charge is 0.326 e. The van der Waals surface area contributed by atoms with Gasteiger partial charge in [-0.1, -0.05) is 12.8 Å². The average Bonchev–Trinajstić information content (AvgIpc) is 3.16. The largest absolute Gasteiger partial charge is 0.480 e. The highest BCUT2D eigenvalue weighted by atomic mass is 16.4. The monoisotopic (exact) mass is 301 g/mol. The van der Waals surface area contributed by atoms with E-state index in [1.807, 2.05) is 0 Å². The lowest BCUT2D eigenvalue weighted by molar-refractivity contribution is -0.139. The number of aromatic nitrogens is 4. The molecule has 0 bridgehead atoms. The number of aliphatic carboxylic acids is 1. The van der Waals surface area contributed by atoms with Crippen LogP contribution in [0.4, 0.5) is 0 Å². The third-order valence-corrected chi connectivity index (χ3v) is 3.53. The number of carbonyl (C=O) groups is 2. The van der Waals surface area contributed by atoms with Crippen LogP contribution >= 0.6 is 0 Å². The van der Waals surface area contributed by atoms with Crippen LogP contribution in [0.3, 0.4) is 0 Å². The van der Waals surface area contributed by atoms with Crippen molar-refractivity contribution in [3.05, 3.63) is 36.5 Å². The standard InChI is InChI=1S/C14H15N5O3/c20-13(18-11(14(21)22)5-9-1-2-9)10-3-4-12(16-6-10)19-8-15-7-17-19/h3-4,6-9,11H,1-2,5H2,(H,18,20)(H,21,22). The van der Waals surface area contributed by atoms with Crippen molar-refractivity contribution >= 4 is 11.9 Å². The quantitative estimate of drug-likeness (QED) is 0.810. The Labute approximate surface area is 126 Å². The highest BCUT2D eigenvalue weighted by molar-refractivity contribution is 5.96. The van der Waals surface area contributed by atoms with Gasteiger partial charge < -0.3 is 10.4 Å². The Bertz CT molecular complexity index is 664. The van der Waals surface area contributed by atoms with E-state index in [0.29, 0.717) is 23.7 Å². The van der Waals surface area contributed by atoms with E-state index < -0.39 is 17.9 Å². The van der Waals surface area contributed by atoms with Gasteiger partial charge in [0.25, 0.3) is 5.91 Å². The van der Waals surface area contributed by atoms with Crippen LogP contribution in [0, 0.1) is 5.92 Å². The molecule has 0 aromatic carbocycles. The van der Waals surface area contributed by atoms with Crippen molar-refractivity contribution in [2.45, 2.75) is 25.3 Å². The highest BCUT2D eigenvalue weighted by Crippen LogP contribution is 2.33. The van der Waals surface area contributed by atoms with Gasteiger partial charge in [0.05, 0.1) is 5.56 Å². The van der Waals surface area contributed by atoms with Crippen molar-refractivity contribution in [1.82, 2.24) is 25.1 Å². The molecule has 2 N–H and O–H groups in total. The molecule has 1 atom stereocenters. The molecule has 2 heterocycles. The van der Waals surface area contributed by atoms with Crippen LogP contribution in [0.25, 0.3) is 5.82 Å². The summed E-state index contributed by atoms with van der Waals surface area (Å²) in [6, 6.07) is 2.35. The van der Waals surface area contributed by atoms with Crippen LogP contribution in [0.2, 0.25) is 0 Å². The van der Waals surface area contributed by atoms with E-state index in [1.165, 1.54) is 23.5 Å². The summed E-state index contributed by atoms with van der Waals surface area (Å²) >= 11 is 0. The van der Waals surface area contributed by atoms with Gasteiger partial charge in [0.15, 0.2) is 5.82 Å². The van der Waals surface area contributed by atoms with E-state index in [2.05, 4.69) is 20.4 Å². The van der Waals surface area contributed by atoms with Gasteiger partial charge in [0, 0.05) is 6.20 Å². The van der Waals surface area contributed by atoms with Crippen LogP contribution in [0.15, 0.2) is 31.0 Å². The molecule has 1 fully saturated rings. The van der Waals surface area contributed by atoms with Gasteiger partial charge in [-0.2, -0.15) is 5.10 Å². The van der Waals surface area contributed by atoms with Gasteiger partial charge in [-0.15, -0.1) is 0 Å². The van der Waals surface area contributed by atoms with Crippen molar-refractivity contribution in [2.75, 3.05) is 0 Å². The fraction of sp³-hybridized carbons (Fsp3) is 0.357. The summed E-state index contributed by atoms with van der Waals surface area (Å²) in [4.78, 5) is 31.2. The molecular weight excluding hydrogens is 286 g/mol. The molecule has 8 heteroatoms. The SMILES string of the molecule is O=C(NC(CC1CC1)C(=O)O)c1ccc(-n2cncn2)nc1. The van der Waals surface area contributed by atoms with Crippen molar-refractivity contribution in [3.8, 4) is 5.82 Å². The summed E-state index contributed by atoms with van der Waals surface area (Å²) in [7, 11) is 0. The molecule has 1 aliphatic carbocycles. The van der Waals surface area contributed by atoms with E-state index in [1.54, 1.807) is 12.1 Å². The first-order valence-corrected chi connectivity index (χ1v) is 6.98.